The monoisotopic (exact) mass is 448 g/mol. The highest BCUT2D eigenvalue weighted by atomic mass is 79.9. The number of hydrogen-bond donors (Lipinski definition) is 3. The van der Waals surface area contributed by atoms with Crippen LogP contribution in [0.1, 0.15) is 29.8 Å². The van der Waals surface area contributed by atoms with Gasteiger partial charge in [0.2, 0.25) is 5.91 Å². The molecule has 0 radical (unpaired) electrons. The van der Waals surface area contributed by atoms with Crippen LogP contribution in [0.25, 0.3) is 0 Å². The lowest BCUT2D eigenvalue weighted by atomic mass is 10.2. The van der Waals surface area contributed by atoms with E-state index in [-0.39, 0.29) is 5.91 Å². The second kappa shape index (κ2) is 10.8. The summed E-state index contributed by atoms with van der Waals surface area (Å²) in [7, 11) is 1.72. The average molecular weight is 449 g/mol. The van der Waals surface area contributed by atoms with Crippen LogP contribution in [0.2, 0.25) is 0 Å². The first-order valence-electron chi connectivity index (χ1n) is 9.40. The van der Waals surface area contributed by atoms with Crippen LogP contribution in [0.15, 0.2) is 33.7 Å². The van der Waals surface area contributed by atoms with Crippen LogP contribution in [-0.4, -0.2) is 41.8 Å². The molecule has 8 heteroatoms. The summed E-state index contributed by atoms with van der Waals surface area (Å²) in [6, 6.07) is 7.87. The number of nitrogens with one attached hydrogen (secondary N) is 3. The summed E-state index contributed by atoms with van der Waals surface area (Å²) >= 11 is 3.42. The Balaban J connectivity index is 1.66. The summed E-state index contributed by atoms with van der Waals surface area (Å²) in [5, 5.41) is 13.8. The van der Waals surface area contributed by atoms with Crippen molar-refractivity contribution in [3.8, 4) is 0 Å². The van der Waals surface area contributed by atoms with Gasteiger partial charge in [0.15, 0.2) is 5.96 Å². The topological polar surface area (TPSA) is 83.3 Å². The third-order valence-corrected chi connectivity index (χ3v) is 4.77. The summed E-state index contributed by atoms with van der Waals surface area (Å²) in [6.07, 6.45) is 1.30. The van der Waals surface area contributed by atoms with Crippen LogP contribution in [0.5, 0.6) is 0 Å². The predicted octanol–water partition coefficient (Wildman–Crippen LogP) is 3.15. The number of guanidine groups is 1. The van der Waals surface area contributed by atoms with E-state index in [4.69, 9.17) is 0 Å². The van der Waals surface area contributed by atoms with Crippen LogP contribution in [0.3, 0.4) is 0 Å². The van der Waals surface area contributed by atoms with Crippen molar-refractivity contribution >= 4 is 33.5 Å². The average Bonchev–Trinajstić information content (AvgIpc) is 2.96. The maximum Gasteiger partial charge on any atom is 0.226 e. The smallest absolute Gasteiger partial charge is 0.226 e. The minimum atomic E-state index is -0.0297. The highest BCUT2D eigenvalue weighted by molar-refractivity contribution is 9.10. The Morgan fingerprint density at radius 3 is 2.57 bits per heavy atom. The van der Waals surface area contributed by atoms with Gasteiger partial charge in [-0.05, 0) is 57.0 Å². The lowest BCUT2D eigenvalue weighted by molar-refractivity contribution is -0.116. The van der Waals surface area contributed by atoms with Crippen molar-refractivity contribution < 1.29 is 4.79 Å². The van der Waals surface area contributed by atoms with E-state index in [9.17, 15) is 4.79 Å². The molecule has 1 aromatic carbocycles. The molecule has 0 saturated heterocycles. The number of rotatable bonds is 8. The number of aromatic nitrogens is 2. The van der Waals surface area contributed by atoms with Gasteiger partial charge >= 0.3 is 0 Å². The van der Waals surface area contributed by atoms with Gasteiger partial charge in [0.05, 0.1) is 5.69 Å². The number of hydrogen-bond acceptors (Lipinski definition) is 3. The minimum absolute atomic E-state index is 0.0297. The van der Waals surface area contributed by atoms with Crippen molar-refractivity contribution in [1.29, 1.82) is 0 Å². The fourth-order valence-electron chi connectivity index (χ4n) is 2.83. The number of benzene rings is 1. The summed E-state index contributed by atoms with van der Waals surface area (Å²) in [5.74, 6) is 0.666. The molecule has 1 aromatic heterocycles. The summed E-state index contributed by atoms with van der Waals surface area (Å²) in [4.78, 5) is 16.3. The molecule has 0 aliphatic carbocycles. The second-order valence-corrected chi connectivity index (χ2v) is 7.60. The van der Waals surface area contributed by atoms with Gasteiger partial charge < -0.3 is 16.0 Å². The van der Waals surface area contributed by atoms with Crippen molar-refractivity contribution in [1.82, 2.24) is 20.4 Å². The van der Waals surface area contributed by atoms with E-state index in [0.29, 0.717) is 18.9 Å². The van der Waals surface area contributed by atoms with E-state index in [1.54, 1.807) is 7.05 Å². The molecule has 152 valence electrons. The molecule has 0 bridgehead atoms. The van der Waals surface area contributed by atoms with Crippen LogP contribution in [0, 0.1) is 20.8 Å². The molecule has 0 spiro atoms. The standard InChI is InChI=1S/C20H29BrN6O/c1-14-12-17(21)6-7-18(14)25-19(28)8-10-24-20(22-4)23-9-5-11-27-16(3)13-15(2)26-27/h6-7,12-13H,5,8-11H2,1-4H3,(H,25,28)(H2,22,23,24). The molecule has 0 aliphatic heterocycles. The Bertz CT molecular complexity index is 830. The maximum absolute atomic E-state index is 12.1. The number of anilines is 1. The molecular weight excluding hydrogens is 420 g/mol. The molecule has 2 aromatic rings. The first kappa shape index (κ1) is 21.9. The Kier molecular flexibility index (Phi) is 8.50. The Labute approximate surface area is 175 Å². The minimum Gasteiger partial charge on any atom is -0.356 e. The molecule has 0 fully saturated rings. The number of nitrogens with zero attached hydrogens (tertiary/aromatic N) is 3. The van der Waals surface area contributed by atoms with Crippen LogP contribution in [-0.2, 0) is 11.3 Å². The molecule has 0 aliphatic rings. The van der Waals surface area contributed by atoms with E-state index in [2.05, 4.69) is 55.0 Å². The van der Waals surface area contributed by atoms with Crippen LogP contribution >= 0.6 is 15.9 Å². The molecule has 0 unspecified atom stereocenters. The van der Waals surface area contributed by atoms with Gasteiger partial charge in [-0.1, -0.05) is 15.9 Å². The van der Waals surface area contributed by atoms with Crippen molar-refractivity contribution in [3.63, 3.8) is 0 Å². The third-order valence-electron chi connectivity index (χ3n) is 4.27. The van der Waals surface area contributed by atoms with E-state index in [1.807, 2.05) is 36.7 Å². The number of carbonyl (C=O) groups excluding carboxylic acids is 1. The zero-order valence-electron chi connectivity index (χ0n) is 17.0. The molecule has 0 atom stereocenters. The van der Waals surface area contributed by atoms with E-state index < -0.39 is 0 Å². The normalized spacial score (nSPS) is 11.4. The lowest BCUT2D eigenvalue weighted by Crippen LogP contribution is -2.39. The SMILES string of the molecule is CN=C(NCCCn1nc(C)cc1C)NCCC(=O)Nc1ccc(Br)cc1C. The fraction of sp³-hybridized carbons (Fsp3) is 0.450. The Morgan fingerprint density at radius 1 is 1.18 bits per heavy atom. The molecule has 2 rings (SSSR count). The highest BCUT2D eigenvalue weighted by Crippen LogP contribution is 2.20. The van der Waals surface area contributed by atoms with E-state index in [1.165, 1.54) is 5.69 Å². The number of amides is 1. The van der Waals surface area contributed by atoms with Gasteiger partial charge in [0.1, 0.15) is 0 Å². The van der Waals surface area contributed by atoms with E-state index >= 15 is 0 Å². The first-order valence-corrected chi connectivity index (χ1v) is 10.2. The van der Waals surface area contributed by atoms with Crippen LogP contribution < -0.4 is 16.0 Å². The number of aliphatic imine (C=N–C) groups is 1. The Morgan fingerprint density at radius 2 is 1.93 bits per heavy atom. The summed E-state index contributed by atoms with van der Waals surface area (Å²) in [6.45, 7) is 8.19. The quantitative estimate of drug-likeness (QED) is 0.329. The van der Waals surface area contributed by atoms with E-state index in [0.717, 1.165) is 40.9 Å². The first-order chi connectivity index (χ1) is 13.4. The molecule has 28 heavy (non-hydrogen) atoms. The second-order valence-electron chi connectivity index (χ2n) is 6.69. The lowest BCUT2D eigenvalue weighted by Gasteiger charge is -2.13. The molecule has 7 nitrogen and oxygen atoms in total. The van der Waals surface area contributed by atoms with Crippen molar-refractivity contribution in [2.75, 3.05) is 25.5 Å². The third kappa shape index (κ3) is 6.99. The number of halogens is 1. The van der Waals surface area contributed by atoms with Gasteiger partial charge in [0, 0.05) is 49.0 Å². The largest absolute Gasteiger partial charge is 0.356 e. The fourth-order valence-corrected chi connectivity index (χ4v) is 3.31. The molecule has 3 N–H and O–H groups in total. The zero-order valence-corrected chi connectivity index (χ0v) is 18.6. The van der Waals surface area contributed by atoms with Crippen molar-refractivity contribution in [3.05, 3.63) is 45.7 Å². The maximum atomic E-state index is 12.1. The molecular formula is C20H29BrN6O. The molecule has 0 saturated carbocycles. The van der Waals surface area contributed by atoms with Crippen molar-refractivity contribution in [2.45, 2.75) is 40.2 Å². The van der Waals surface area contributed by atoms with Gasteiger partial charge in [-0.25, -0.2) is 0 Å². The molecule has 1 amide bonds. The van der Waals surface area contributed by atoms with Gasteiger partial charge in [-0.3, -0.25) is 14.5 Å². The van der Waals surface area contributed by atoms with Crippen LogP contribution in [0.4, 0.5) is 5.69 Å². The van der Waals surface area contributed by atoms with Gasteiger partial charge in [0.25, 0.3) is 0 Å². The molecule has 1 heterocycles. The van der Waals surface area contributed by atoms with Crippen molar-refractivity contribution in [2.24, 2.45) is 4.99 Å². The van der Waals surface area contributed by atoms with Gasteiger partial charge in [-0.2, -0.15) is 5.10 Å². The summed E-state index contributed by atoms with van der Waals surface area (Å²) < 4.78 is 3.01. The zero-order chi connectivity index (χ0) is 20.5. The van der Waals surface area contributed by atoms with Gasteiger partial charge in [-0.15, -0.1) is 0 Å². The highest BCUT2D eigenvalue weighted by Gasteiger charge is 2.06. The summed E-state index contributed by atoms with van der Waals surface area (Å²) in [5.41, 5.74) is 4.07. The predicted molar refractivity (Wildman–Crippen MR) is 118 cm³/mol. The number of carbonyl (C=O) groups is 1. The Hall–Kier alpha value is -2.35. The number of aryl methyl sites for hydroxylation is 4.